The van der Waals surface area contributed by atoms with Crippen molar-refractivity contribution in [1.82, 2.24) is 0 Å². The molecule has 98 valence electrons. The number of ether oxygens (including phenoxy) is 1. The van der Waals surface area contributed by atoms with Gasteiger partial charge in [-0.25, -0.2) is 13.8 Å². The van der Waals surface area contributed by atoms with Crippen LogP contribution in [0.5, 0.6) is 0 Å². The van der Waals surface area contributed by atoms with Gasteiger partial charge in [0.05, 0.1) is 5.69 Å². The lowest BCUT2D eigenvalue weighted by Gasteiger charge is -2.25. The Balaban J connectivity index is 2.13. The summed E-state index contributed by atoms with van der Waals surface area (Å²) in [5.41, 5.74) is 5.78. The highest BCUT2D eigenvalue weighted by atomic mass is 19.1. The highest BCUT2D eigenvalue weighted by Crippen LogP contribution is 2.21. The minimum absolute atomic E-state index is 0.116. The summed E-state index contributed by atoms with van der Waals surface area (Å²) in [6, 6.07) is 3.59. The average molecular weight is 255 g/mol. The molecule has 0 aliphatic carbocycles. The molecule has 0 aromatic heterocycles. The van der Waals surface area contributed by atoms with Crippen LogP contribution in [0.1, 0.15) is 6.92 Å². The lowest BCUT2D eigenvalue weighted by Crippen LogP contribution is -2.32. The lowest BCUT2D eigenvalue weighted by atomic mass is 10.2. The van der Waals surface area contributed by atoms with Crippen LogP contribution in [0.3, 0.4) is 0 Å². The van der Waals surface area contributed by atoms with E-state index in [-0.39, 0.29) is 12.1 Å². The zero-order valence-corrected chi connectivity index (χ0v) is 10.1. The van der Waals surface area contributed by atoms with Gasteiger partial charge in [0.2, 0.25) is 0 Å². The molecular formula is C12H15F2N3O. The number of amidine groups is 1. The van der Waals surface area contributed by atoms with E-state index in [1.807, 2.05) is 6.92 Å². The molecule has 6 heteroatoms. The second kappa shape index (κ2) is 5.20. The SMILES string of the molecule is CCN(CC1COC(N)=N1)c1ccc(F)cc1F. The normalized spacial score (nSPS) is 18.4. The topological polar surface area (TPSA) is 50.9 Å². The van der Waals surface area contributed by atoms with Gasteiger partial charge in [-0.15, -0.1) is 0 Å². The van der Waals surface area contributed by atoms with Gasteiger partial charge in [0.25, 0.3) is 6.02 Å². The first kappa shape index (κ1) is 12.6. The molecule has 1 unspecified atom stereocenters. The van der Waals surface area contributed by atoms with E-state index in [0.717, 1.165) is 6.07 Å². The molecule has 2 N–H and O–H groups in total. The molecule has 2 rings (SSSR count). The number of likely N-dealkylation sites (N-methyl/N-ethyl adjacent to an activating group) is 1. The maximum atomic E-state index is 13.7. The Kier molecular flexibility index (Phi) is 3.64. The highest BCUT2D eigenvalue weighted by Gasteiger charge is 2.21. The smallest absolute Gasteiger partial charge is 0.282 e. The minimum atomic E-state index is -0.584. The molecule has 0 bridgehead atoms. The Morgan fingerprint density at radius 1 is 1.50 bits per heavy atom. The van der Waals surface area contributed by atoms with Gasteiger partial charge in [0.15, 0.2) is 0 Å². The van der Waals surface area contributed by atoms with Crippen molar-refractivity contribution in [2.45, 2.75) is 13.0 Å². The predicted molar refractivity (Wildman–Crippen MR) is 65.6 cm³/mol. The number of hydrogen-bond donors (Lipinski definition) is 1. The zero-order valence-electron chi connectivity index (χ0n) is 10.1. The first-order valence-electron chi connectivity index (χ1n) is 5.76. The largest absolute Gasteiger partial charge is 0.463 e. The van der Waals surface area contributed by atoms with E-state index in [0.29, 0.717) is 25.4 Å². The van der Waals surface area contributed by atoms with Gasteiger partial charge in [-0.05, 0) is 19.1 Å². The van der Waals surface area contributed by atoms with Gasteiger partial charge in [0, 0.05) is 19.2 Å². The van der Waals surface area contributed by atoms with Gasteiger partial charge >= 0.3 is 0 Å². The van der Waals surface area contributed by atoms with Crippen LogP contribution in [-0.2, 0) is 4.74 Å². The molecule has 18 heavy (non-hydrogen) atoms. The Hall–Kier alpha value is -1.85. The Labute approximate surface area is 104 Å². The van der Waals surface area contributed by atoms with Gasteiger partial charge < -0.3 is 15.4 Å². The highest BCUT2D eigenvalue weighted by molar-refractivity contribution is 5.73. The van der Waals surface area contributed by atoms with Crippen LogP contribution in [0.25, 0.3) is 0 Å². The Morgan fingerprint density at radius 3 is 2.83 bits per heavy atom. The number of aliphatic imine (C=N–C) groups is 1. The molecule has 4 nitrogen and oxygen atoms in total. The summed E-state index contributed by atoms with van der Waals surface area (Å²) in [6.45, 7) is 3.37. The van der Waals surface area contributed by atoms with Crippen molar-refractivity contribution >= 4 is 11.7 Å². The molecule has 1 aromatic rings. The quantitative estimate of drug-likeness (QED) is 0.887. The second-order valence-corrected chi connectivity index (χ2v) is 4.07. The third-order valence-electron chi connectivity index (χ3n) is 2.80. The lowest BCUT2D eigenvalue weighted by molar-refractivity contribution is 0.313. The number of rotatable bonds is 4. The van der Waals surface area contributed by atoms with Crippen LogP contribution in [0.15, 0.2) is 23.2 Å². The molecule has 1 aliphatic rings. The van der Waals surface area contributed by atoms with E-state index in [1.165, 1.54) is 12.1 Å². The summed E-state index contributed by atoms with van der Waals surface area (Å²) in [5.74, 6) is -1.16. The van der Waals surface area contributed by atoms with E-state index in [2.05, 4.69) is 4.99 Å². The number of hydrogen-bond acceptors (Lipinski definition) is 4. The van der Waals surface area contributed by atoms with Gasteiger partial charge in [-0.3, -0.25) is 0 Å². The van der Waals surface area contributed by atoms with Crippen LogP contribution in [0.2, 0.25) is 0 Å². The third kappa shape index (κ3) is 2.69. The molecule has 1 atom stereocenters. The second-order valence-electron chi connectivity index (χ2n) is 4.07. The molecule has 1 aromatic carbocycles. The van der Waals surface area contributed by atoms with E-state index in [1.54, 1.807) is 4.90 Å². The van der Waals surface area contributed by atoms with Gasteiger partial charge in [0.1, 0.15) is 24.3 Å². The van der Waals surface area contributed by atoms with Crippen molar-refractivity contribution in [2.24, 2.45) is 10.7 Å². The number of nitrogens with zero attached hydrogens (tertiary/aromatic N) is 2. The molecule has 0 saturated heterocycles. The summed E-state index contributed by atoms with van der Waals surface area (Å²) in [4.78, 5) is 5.87. The molecule has 0 saturated carbocycles. The van der Waals surface area contributed by atoms with E-state index >= 15 is 0 Å². The molecule has 0 radical (unpaired) electrons. The van der Waals surface area contributed by atoms with E-state index < -0.39 is 11.6 Å². The summed E-state index contributed by atoms with van der Waals surface area (Å²) in [7, 11) is 0. The summed E-state index contributed by atoms with van der Waals surface area (Å²) >= 11 is 0. The summed E-state index contributed by atoms with van der Waals surface area (Å²) < 4.78 is 31.6. The van der Waals surface area contributed by atoms with E-state index in [4.69, 9.17) is 10.5 Å². The molecule has 1 aliphatic heterocycles. The maximum absolute atomic E-state index is 13.7. The minimum Gasteiger partial charge on any atom is -0.463 e. The van der Waals surface area contributed by atoms with Crippen molar-refractivity contribution in [2.75, 3.05) is 24.6 Å². The predicted octanol–water partition coefficient (Wildman–Crippen LogP) is 1.50. The van der Waals surface area contributed by atoms with Crippen LogP contribution in [0, 0.1) is 11.6 Å². The Morgan fingerprint density at radius 2 is 2.28 bits per heavy atom. The zero-order chi connectivity index (χ0) is 13.1. The molecular weight excluding hydrogens is 240 g/mol. The fourth-order valence-electron chi connectivity index (χ4n) is 1.92. The molecule has 0 amide bonds. The molecule has 1 heterocycles. The summed E-state index contributed by atoms with van der Waals surface area (Å²) in [6.07, 6.45) is 0. The number of halogens is 2. The molecule has 0 spiro atoms. The van der Waals surface area contributed by atoms with Crippen LogP contribution in [-0.4, -0.2) is 31.8 Å². The third-order valence-corrected chi connectivity index (χ3v) is 2.80. The number of nitrogens with two attached hydrogens (primary N) is 1. The van der Waals surface area contributed by atoms with Crippen molar-refractivity contribution in [3.05, 3.63) is 29.8 Å². The summed E-state index contributed by atoms with van der Waals surface area (Å²) in [5, 5.41) is 0. The standard InChI is InChI=1S/C12H15F2N3O/c1-2-17(6-9-7-18-12(15)16-9)11-4-3-8(13)5-10(11)14/h3-5,9H,2,6-7H2,1H3,(H2,15,16). The average Bonchev–Trinajstić information content (AvgIpc) is 2.72. The number of benzene rings is 1. The van der Waals surface area contributed by atoms with Crippen LogP contribution >= 0.6 is 0 Å². The van der Waals surface area contributed by atoms with Crippen LogP contribution < -0.4 is 10.6 Å². The van der Waals surface area contributed by atoms with Crippen molar-refractivity contribution in [1.29, 1.82) is 0 Å². The fourth-order valence-corrected chi connectivity index (χ4v) is 1.92. The monoisotopic (exact) mass is 255 g/mol. The maximum Gasteiger partial charge on any atom is 0.282 e. The van der Waals surface area contributed by atoms with Gasteiger partial charge in [-0.2, -0.15) is 0 Å². The first-order chi connectivity index (χ1) is 8.60. The first-order valence-corrected chi connectivity index (χ1v) is 5.76. The van der Waals surface area contributed by atoms with Crippen LogP contribution in [0.4, 0.5) is 14.5 Å². The van der Waals surface area contributed by atoms with Gasteiger partial charge in [-0.1, -0.05) is 0 Å². The van der Waals surface area contributed by atoms with Crippen molar-refractivity contribution < 1.29 is 13.5 Å². The Bertz CT molecular complexity index is 465. The van der Waals surface area contributed by atoms with E-state index in [9.17, 15) is 8.78 Å². The van der Waals surface area contributed by atoms with Crippen molar-refractivity contribution in [3.8, 4) is 0 Å². The number of anilines is 1. The molecule has 0 fully saturated rings. The fraction of sp³-hybridized carbons (Fsp3) is 0.417. The van der Waals surface area contributed by atoms with Crippen molar-refractivity contribution in [3.63, 3.8) is 0 Å².